The van der Waals surface area contributed by atoms with Crippen LogP contribution in [0.4, 0.5) is 0 Å². The molecule has 0 saturated carbocycles. The number of amides is 1. The first kappa shape index (κ1) is 20.6. The van der Waals surface area contributed by atoms with Gasteiger partial charge in [-0.25, -0.2) is 4.98 Å². The fourth-order valence-corrected chi connectivity index (χ4v) is 3.85. The maximum Gasteiger partial charge on any atom is 0.252 e. The molecule has 0 aliphatic rings. The van der Waals surface area contributed by atoms with E-state index in [0.29, 0.717) is 16.9 Å². The zero-order valence-corrected chi connectivity index (χ0v) is 18.6. The van der Waals surface area contributed by atoms with E-state index in [1.165, 1.54) is 0 Å². The number of benzene rings is 1. The van der Waals surface area contributed by atoms with Gasteiger partial charge in [0.15, 0.2) is 5.65 Å². The molecule has 0 fully saturated rings. The van der Waals surface area contributed by atoms with Gasteiger partial charge in [0.25, 0.3) is 5.91 Å². The molecule has 8 nitrogen and oxygen atoms in total. The van der Waals surface area contributed by atoms with Gasteiger partial charge in [0.05, 0.1) is 41.7 Å². The third-order valence-electron chi connectivity index (χ3n) is 5.67. The summed E-state index contributed by atoms with van der Waals surface area (Å²) in [5.41, 5.74) is 5.52. The predicted octanol–water partition coefficient (Wildman–Crippen LogP) is 3.49. The van der Waals surface area contributed by atoms with Gasteiger partial charge in [0.2, 0.25) is 0 Å². The molecule has 31 heavy (non-hydrogen) atoms. The van der Waals surface area contributed by atoms with E-state index in [1.54, 1.807) is 22.7 Å². The number of ether oxygens (including phenoxy) is 1. The van der Waals surface area contributed by atoms with Gasteiger partial charge in [0, 0.05) is 30.9 Å². The van der Waals surface area contributed by atoms with E-state index >= 15 is 0 Å². The van der Waals surface area contributed by atoms with E-state index in [0.717, 1.165) is 33.7 Å². The lowest BCUT2D eigenvalue weighted by molar-refractivity contribution is 0.0941. The van der Waals surface area contributed by atoms with Crippen LogP contribution in [0.5, 0.6) is 5.75 Å². The molecule has 0 aliphatic heterocycles. The first-order valence-electron chi connectivity index (χ1n) is 10.1. The molecule has 1 amide bonds. The van der Waals surface area contributed by atoms with E-state index in [2.05, 4.69) is 15.5 Å². The molecular formula is C23H26N6O2. The highest BCUT2D eigenvalue weighted by Crippen LogP contribution is 2.29. The highest BCUT2D eigenvalue weighted by molar-refractivity contribution is 6.07. The Morgan fingerprint density at radius 2 is 1.94 bits per heavy atom. The Labute approximate surface area is 180 Å². The lowest BCUT2D eigenvalue weighted by Gasteiger charge is -2.15. The number of rotatable bonds is 5. The number of hydrogen-bond acceptors (Lipinski definition) is 5. The third kappa shape index (κ3) is 3.65. The number of pyridine rings is 1. The molecular weight excluding hydrogens is 392 g/mol. The summed E-state index contributed by atoms with van der Waals surface area (Å²) in [4.78, 5) is 18.2. The maximum atomic E-state index is 13.4. The monoisotopic (exact) mass is 418 g/mol. The van der Waals surface area contributed by atoms with Crippen LogP contribution in [0.2, 0.25) is 0 Å². The van der Waals surface area contributed by atoms with Crippen LogP contribution in [0.1, 0.15) is 40.3 Å². The molecule has 1 atom stereocenters. The Morgan fingerprint density at radius 3 is 2.61 bits per heavy atom. The number of fused-ring (bicyclic) bond motifs is 1. The summed E-state index contributed by atoms with van der Waals surface area (Å²) in [5.74, 6) is 0.552. The number of carbonyl (C=O) groups is 1. The Kier molecular flexibility index (Phi) is 5.22. The Hall–Kier alpha value is -3.68. The van der Waals surface area contributed by atoms with Crippen LogP contribution >= 0.6 is 0 Å². The standard InChI is InChI=1S/C23H26N6O2/c1-13(19-12-24-28(4)15(19)3)25-23(30)18-11-20(16-8-7-9-17(10-16)31-6)26-22-21(18)14(2)27-29(22)5/h7-13H,1-6H3,(H,25,30)/t13-/m1/s1. The molecule has 1 aromatic carbocycles. The normalized spacial score (nSPS) is 12.2. The number of nitrogens with zero attached hydrogens (tertiary/aromatic N) is 5. The number of methoxy groups -OCH3 is 1. The van der Waals surface area contributed by atoms with Crippen molar-refractivity contribution in [2.45, 2.75) is 26.8 Å². The van der Waals surface area contributed by atoms with Crippen molar-refractivity contribution in [2.24, 2.45) is 14.1 Å². The summed E-state index contributed by atoms with van der Waals surface area (Å²) >= 11 is 0. The molecule has 0 spiro atoms. The molecule has 0 saturated heterocycles. The second kappa shape index (κ2) is 7.86. The van der Waals surface area contributed by atoms with Crippen LogP contribution < -0.4 is 10.1 Å². The molecule has 8 heteroatoms. The Morgan fingerprint density at radius 1 is 1.16 bits per heavy atom. The minimum absolute atomic E-state index is 0.177. The average Bonchev–Trinajstić information content (AvgIpc) is 3.25. The Balaban J connectivity index is 1.80. The van der Waals surface area contributed by atoms with E-state index in [-0.39, 0.29) is 11.9 Å². The van der Waals surface area contributed by atoms with Crippen molar-refractivity contribution in [2.75, 3.05) is 7.11 Å². The molecule has 3 heterocycles. The molecule has 0 aliphatic carbocycles. The van der Waals surface area contributed by atoms with Crippen molar-refractivity contribution >= 4 is 16.9 Å². The number of carbonyl (C=O) groups excluding carboxylic acids is 1. The predicted molar refractivity (Wildman–Crippen MR) is 119 cm³/mol. The number of hydrogen-bond donors (Lipinski definition) is 1. The van der Waals surface area contributed by atoms with Crippen molar-refractivity contribution in [1.82, 2.24) is 29.9 Å². The second-order valence-corrected chi connectivity index (χ2v) is 7.70. The number of nitrogens with one attached hydrogen (secondary N) is 1. The number of aryl methyl sites for hydroxylation is 3. The summed E-state index contributed by atoms with van der Waals surface area (Å²) in [6, 6.07) is 9.26. The van der Waals surface area contributed by atoms with Crippen LogP contribution in [-0.4, -0.2) is 37.6 Å². The van der Waals surface area contributed by atoms with E-state index < -0.39 is 0 Å². The maximum absolute atomic E-state index is 13.4. The lowest BCUT2D eigenvalue weighted by atomic mass is 10.0. The van der Waals surface area contributed by atoms with Crippen molar-refractivity contribution in [3.8, 4) is 17.0 Å². The molecule has 1 N–H and O–H groups in total. The third-order valence-corrected chi connectivity index (χ3v) is 5.67. The van der Waals surface area contributed by atoms with Gasteiger partial charge in [-0.1, -0.05) is 12.1 Å². The quantitative estimate of drug-likeness (QED) is 0.536. The summed E-state index contributed by atoms with van der Waals surface area (Å²) in [5, 5.41) is 12.6. The molecule has 4 aromatic rings. The summed E-state index contributed by atoms with van der Waals surface area (Å²) in [7, 11) is 5.35. The van der Waals surface area contributed by atoms with Gasteiger partial charge in [-0.2, -0.15) is 10.2 Å². The second-order valence-electron chi connectivity index (χ2n) is 7.70. The first-order chi connectivity index (χ1) is 14.8. The van der Waals surface area contributed by atoms with Crippen molar-refractivity contribution < 1.29 is 9.53 Å². The van der Waals surface area contributed by atoms with Crippen LogP contribution in [0.25, 0.3) is 22.3 Å². The average molecular weight is 419 g/mol. The van der Waals surface area contributed by atoms with Crippen LogP contribution in [0.3, 0.4) is 0 Å². The SMILES string of the molecule is COc1cccc(-c2cc(C(=O)N[C@H](C)c3cnn(C)c3C)c3c(C)nn(C)c3n2)c1. The van der Waals surface area contributed by atoms with Gasteiger partial charge in [-0.05, 0) is 39.0 Å². The summed E-state index contributed by atoms with van der Waals surface area (Å²) < 4.78 is 8.86. The molecule has 4 rings (SSSR count). The molecule has 3 aromatic heterocycles. The minimum Gasteiger partial charge on any atom is -0.497 e. The smallest absolute Gasteiger partial charge is 0.252 e. The zero-order valence-electron chi connectivity index (χ0n) is 18.6. The van der Waals surface area contributed by atoms with Crippen molar-refractivity contribution in [3.63, 3.8) is 0 Å². The van der Waals surface area contributed by atoms with Crippen LogP contribution in [0, 0.1) is 13.8 Å². The first-order valence-corrected chi connectivity index (χ1v) is 10.1. The van der Waals surface area contributed by atoms with Crippen molar-refractivity contribution in [3.05, 3.63) is 59.0 Å². The van der Waals surface area contributed by atoms with E-state index in [4.69, 9.17) is 9.72 Å². The van der Waals surface area contributed by atoms with E-state index in [9.17, 15) is 4.79 Å². The van der Waals surface area contributed by atoms with E-state index in [1.807, 2.05) is 65.2 Å². The highest BCUT2D eigenvalue weighted by Gasteiger charge is 2.22. The van der Waals surface area contributed by atoms with Gasteiger partial charge in [0.1, 0.15) is 5.75 Å². The van der Waals surface area contributed by atoms with Gasteiger partial charge < -0.3 is 10.1 Å². The highest BCUT2D eigenvalue weighted by atomic mass is 16.5. The van der Waals surface area contributed by atoms with Crippen LogP contribution in [-0.2, 0) is 14.1 Å². The minimum atomic E-state index is -0.193. The zero-order chi connectivity index (χ0) is 22.3. The van der Waals surface area contributed by atoms with Gasteiger partial charge in [-0.15, -0.1) is 0 Å². The molecule has 0 bridgehead atoms. The Bertz CT molecular complexity index is 1290. The number of aromatic nitrogens is 5. The summed E-state index contributed by atoms with van der Waals surface area (Å²) in [6.45, 7) is 5.84. The topological polar surface area (TPSA) is 86.9 Å². The van der Waals surface area contributed by atoms with Crippen molar-refractivity contribution in [1.29, 1.82) is 0 Å². The lowest BCUT2D eigenvalue weighted by Crippen LogP contribution is -2.27. The van der Waals surface area contributed by atoms with Crippen LogP contribution in [0.15, 0.2) is 36.5 Å². The summed E-state index contributed by atoms with van der Waals surface area (Å²) in [6.07, 6.45) is 1.79. The molecule has 0 unspecified atom stereocenters. The largest absolute Gasteiger partial charge is 0.497 e. The fraction of sp³-hybridized carbons (Fsp3) is 0.304. The van der Waals surface area contributed by atoms with Gasteiger partial charge >= 0.3 is 0 Å². The van der Waals surface area contributed by atoms with Gasteiger partial charge in [-0.3, -0.25) is 14.2 Å². The molecule has 0 radical (unpaired) electrons. The molecule has 160 valence electrons. The fourth-order valence-electron chi connectivity index (χ4n) is 3.85.